The molecule has 33 heavy (non-hydrogen) atoms. The number of anilines is 1. The average molecular weight is 453 g/mol. The standard InChI is InChI=1S/C25H29FN4O3/c1-17(2)30-23-14-21(10-9-19(23)15-27-30)29(25(32)28-11-5-4-6-12-28)16-20-8-7-18(13-22(20)26)24(31)33-3/h7-10,13-15,17H,4-6,11-12,16H2,1-3H3. The Kier molecular flexibility index (Phi) is 6.62. The summed E-state index contributed by atoms with van der Waals surface area (Å²) in [5.41, 5.74) is 2.05. The van der Waals surface area contributed by atoms with Crippen LogP contribution in [0.2, 0.25) is 0 Å². The van der Waals surface area contributed by atoms with E-state index in [1.807, 2.05) is 41.6 Å². The van der Waals surface area contributed by atoms with Crippen molar-refractivity contribution in [3.63, 3.8) is 0 Å². The Balaban J connectivity index is 1.72. The SMILES string of the molecule is COC(=O)c1ccc(CN(C(=O)N2CCCCC2)c2ccc3cnn(C(C)C)c3c2)c(F)c1. The Morgan fingerprint density at radius 2 is 1.88 bits per heavy atom. The summed E-state index contributed by atoms with van der Waals surface area (Å²) >= 11 is 0. The van der Waals surface area contributed by atoms with Crippen LogP contribution in [0.15, 0.2) is 42.6 Å². The van der Waals surface area contributed by atoms with Gasteiger partial charge in [-0.3, -0.25) is 9.58 Å². The highest BCUT2D eigenvalue weighted by Gasteiger charge is 2.26. The second kappa shape index (κ2) is 9.60. The van der Waals surface area contributed by atoms with Crippen LogP contribution in [-0.4, -0.2) is 46.9 Å². The van der Waals surface area contributed by atoms with E-state index in [0.29, 0.717) is 24.3 Å². The van der Waals surface area contributed by atoms with Gasteiger partial charge in [0.25, 0.3) is 0 Å². The lowest BCUT2D eigenvalue weighted by molar-refractivity contribution is 0.0600. The van der Waals surface area contributed by atoms with Gasteiger partial charge in [0.1, 0.15) is 5.82 Å². The third kappa shape index (κ3) is 4.69. The molecule has 1 saturated heterocycles. The quantitative estimate of drug-likeness (QED) is 0.502. The third-order valence-electron chi connectivity index (χ3n) is 6.04. The van der Waals surface area contributed by atoms with Gasteiger partial charge in [0.2, 0.25) is 0 Å². The minimum absolute atomic E-state index is 0.0456. The van der Waals surface area contributed by atoms with Crippen LogP contribution in [0, 0.1) is 5.82 Å². The molecule has 0 N–H and O–H groups in total. The fourth-order valence-electron chi connectivity index (χ4n) is 4.22. The number of aromatic nitrogens is 2. The van der Waals surface area contributed by atoms with Crippen molar-refractivity contribution in [1.29, 1.82) is 0 Å². The number of methoxy groups -OCH3 is 1. The first-order valence-corrected chi connectivity index (χ1v) is 11.3. The van der Waals surface area contributed by atoms with E-state index in [2.05, 4.69) is 9.84 Å². The normalized spacial score (nSPS) is 14.0. The highest BCUT2D eigenvalue weighted by Crippen LogP contribution is 2.28. The van der Waals surface area contributed by atoms with Crippen LogP contribution in [0.3, 0.4) is 0 Å². The smallest absolute Gasteiger partial charge is 0.337 e. The number of carbonyl (C=O) groups is 2. The highest BCUT2D eigenvalue weighted by molar-refractivity contribution is 5.95. The molecule has 0 saturated carbocycles. The number of piperidine rings is 1. The fourth-order valence-corrected chi connectivity index (χ4v) is 4.22. The lowest BCUT2D eigenvalue weighted by Crippen LogP contribution is -2.45. The van der Waals surface area contributed by atoms with E-state index < -0.39 is 11.8 Å². The number of urea groups is 1. The first-order valence-electron chi connectivity index (χ1n) is 11.3. The molecule has 0 radical (unpaired) electrons. The molecule has 0 unspecified atom stereocenters. The van der Waals surface area contributed by atoms with Crippen molar-refractivity contribution >= 4 is 28.6 Å². The lowest BCUT2D eigenvalue weighted by Gasteiger charge is -2.33. The van der Waals surface area contributed by atoms with Gasteiger partial charge in [0.15, 0.2) is 0 Å². The summed E-state index contributed by atoms with van der Waals surface area (Å²) in [5.74, 6) is -1.16. The van der Waals surface area contributed by atoms with Crippen molar-refractivity contribution in [3.05, 3.63) is 59.5 Å². The predicted molar refractivity (Wildman–Crippen MR) is 125 cm³/mol. The average Bonchev–Trinajstić information content (AvgIpc) is 3.26. The van der Waals surface area contributed by atoms with Gasteiger partial charge < -0.3 is 9.64 Å². The van der Waals surface area contributed by atoms with Crippen molar-refractivity contribution in [2.24, 2.45) is 0 Å². The number of benzene rings is 2. The molecule has 3 aromatic rings. The molecular weight excluding hydrogens is 423 g/mol. The zero-order valence-electron chi connectivity index (χ0n) is 19.3. The number of ether oxygens (including phenoxy) is 1. The lowest BCUT2D eigenvalue weighted by atomic mass is 10.1. The highest BCUT2D eigenvalue weighted by atomic mass is 19.1. The van der Waals surface area contributed by atoms with Crippen molar-refractivity contribution in [1.82, 2.24) is 14.7 Å². The summed E-state index contributed by atoms with van der Waals surface area (Å²) in [4.78, 5) is 28.8. The van der Waals surface area contributed by atoms with Gasteiger partial charge in [-0.1, -0.05) is 6.07 Å². The van der Waals surface area contributed by atoms with Gasteiger partial charge in [0.05, 0.1) is 30.9 Å². The molecule has 2 amide bonds. The molecule has 2 aromatic carbocycles. The second-order valence-electron chi connectivity index (χ2n) is 8.64. The van der Waals surface area contributed by atoms with Crippen LogP contribution in [0.1, 0.15) is 55.1 Å². The van der Waals surface area contributed by atoms with Crippen molar-refractivity contribution in [2.45, 2.75) is 45.7 Å². The van der Waals surface area contributed by atoms with Gasteiger partial charge in [-0.2, -0.15) is 5.10 Å². The Bertz CT molecular complexity index is 1170. The largest absolute Gasteiger partial charge is 0.465 e. The van der Waals surface area contributed by atoms with Crippen LogP contribution >= 0.6 is 0 Å². The zero-order chi connectivity index (χ0) is 23.5. The van der Waals surface area contributed by atoms with Crippen LogP contribution < -0.4 is 4.90 Å². The number of halogens is 1. The van der Waals surface area contributed by atoms with Gasteiger partial charge >= 0.3 is 12.0 Å². The summed E-state index contributed by atoms with van der Waals surface area (Å²) in [6.45, 7) is 5.52. The second-order valence-corrected chi connectivity index (χ2v) is 8.64. The summed E-state index contributed by atoms with van der Waals surface area (Å²) in [7, 11) is 1.26. The topological polar surface area (TPSA) is 67.7 Å². The zero-order valence-corrected chi connectivity index (χ0v) is 19.3. The van der Waals surface area contributed by atoms with E-state index in [9.17, 15) is 14.0 Å². The van der Waals surface area contributed by atoms with E-state index in [1.54, 1.807) is 11.1 Å². The number of fused-ring (bicyclic) bond motifs is 1. The van der Waals surface area contributed by atoms with Crippen LogP contribution in [0.5, 0.6) is 0 Å². The number of nitrogens with zero attached hydrogens (tertiary/aromatic N) is 4. The molecule has 8 heteroatoms. The Labute approximate surface area is 192 Å². The Hall–Kier alpha value is -3.42. The summed E-state index contributed by atoms with van der Waals surface area (Å²) in [5, 5.41) is 5.44. The maximum absolute atomic E-state index is 14.9. The van der Waals surface area contributed by atoms with E-state index >= 15 is 0 Å². The molecule has 1 aromatic heterocycles. The van der Waals surface area contributed by atoms with Crippen LogP contribution in [-0.2, 0) is 11.3 Å². The van der Waals surface area contributed by atoms with Gasteiger partial charge in [-0.15, -0.1) is 0 Å². The first-order chi connectivity index (χ1) is 15.9. The summed E-state index contributed by atoms with van der Waals surface area (Å²) < 4.78 is 21.5. The maximum atomic E-state index is 14.9. The number of rotatable bonds is 5. The van der Waals surface area contributed by atoms with E-state index in [0.717, 1.165) is 36.2 Å². The van der Waals surface area contributed by atoms with Crippen molar-refractivity contribution < 1.29 is 18.7 Å². The molecule has 174 valence electrons. The van der Waals surface area contributed by atoms with Crippen LogP contribution in [0.4, 0.5) is 14.9 Å². The maximum Gasteiger partial charge on any atom is 0.337 e. The molecule has 0 atom stereocenters. The number of hydrogen-bond acceptors (Lipinski definition) is 4. The fraction of sp³-hybridized carbons (Fsp3) is 0.400. The number of likely N-dealkylation sites (tertiary alicyclic amines) is 1. The molecule has 1 fully saturated rings. The third-order valence-corrected chi connectivity index (χ3v) is 6.04. The number of amides is 2. The minimum Gasteiger partial charge on any atom is -0.465 e. The predicted octanol–water partition coefficient (Wildman–Crippen LogP) is 5.16. The number of carbonyl (C=O) groups excluding carboxylic acids is 2. The van der Waals surface area contributed by atoms with Crippen LogP contribution in [0.25, 0.3) is 10.9 Å². The number of esters is 1. The van der Waals surface area contributed by atoms with Crippen molar-refractivity contribution in [2.75, 3.05) is 25.1 Å². The molecule has 0 aliphatic carbocycles. The van der Waals surface area contributed by atoms with E-state index in [-0.39, 0.29) is 24.2 Å². The minimum atomic E-state index is -0.603. The van der Waals surface area contributed by atoms with Gasteiger partial charge in [-0.05, 0) is 63.4 Å². The molecule has 4 rings (SSSR count). The van der Waals surface area contributed by atoms with E-state index in [4.69, 9.17) is 0 Å². The summed E-state index contributed by atoms with van der Waals surface area (Å²) in [6.07, 6.45) is 4.83. The number of hydrogen-bond donors (Lipinski definition) is 0. The Morgan fingerprint density at radius 1 is 1.12 bits per heavy atom. The first kappa shape index (κ1) is 22.8. The molecule has 0 spiro atoms. The molecular formula is C25H29FN4O3. The molecule has 7 nitrogen and oxygen atoms in total. The molecule has 1 aliphatic heterocycles. The van der Waals surface area contributed by atoms with E-state index in [1.165, 1.54) is 19.2 Å². The van der Waals surface area contributed by atoms with Gasteiger partial charge in [-0.25, -0.2) is 14.0 Å². The molecule has 0 bridgehead atoms. The monoisotopic (exact) mass is 452 g/mol. The summed E-state index contributed by atoms with van der Waals surface area (Å²) in [6, 6.07) is 9.96. The molecule has 1 aliphatic rings. The van der Waals surface area contributed by atoms with Crippen molar-refractivity contribution in [3.8, 4) is 0 Å². The van der Waals surface area contributed by atoms with Gasteiger partial charge in [0, 0.05) is 35.8 Å². The Morgan fingerprint density at radius 3 is 2.55 bits per heavy atom. The molecule has 2 heterocycles.